The highest BCUT2D eigenvalue weighted by Crippen LogP contribution is 2.66. The molecule has 2 bridgehead atoms. The third-order valence-electron chi connectivity index (χ3n) is 2.45. The van der Waals surface area contributed by atoms with Crippen molar-refractivity contribution >= 4 is 0 Å². The summed E-state index contributed by atoms with van der Waals surface area (Å²) in [5.74, 6) is 0. The zero-order valence-electron chi connectivity index (χ0n) is 4.72. The lowest BCUT2D eigenvalue weighted by atomic mass is 9.42. The van der Waals surface area contributed by atoms with Crippen molar-refractivity contribution in [3.05, 3.63) is 0 Å². The third kappa shape index (κ3) is 0.327. The quantitative estimate of drug-likeness (QED) is 0.499. The second-order valence-corrected chi connectivity index (χ2v) is 3.41. The van der Waals surface area contributed by atoms with Gasteiger partial charge in [-0.15, -0.1) is 0 Å². The zero-order chi connectivity index (χ0) is 5.83. The summed E-state index contributed by atoms with van der Waals surface area (Å²) >= 11 is 0. The first-order chi connectivity index (χ1) is 3.68. The summed E-state index contributed by atoms with van der Waals surface area (Å²) in [4.78, 5) is 0. The Morgan fingerprint density at radius 3 is 1.88 bits per heavy atom. The predicted octanol–water partition coefficient (Wildman–Crippen LogP) is -0.106. The lowest BCUT2D eigenvalue weighted by molar-refractivity contribution is -0.272. The van der Waals surface area contributed by atoms with Crippen molar-refractivity contribution in [2.75, 3.05) is 6.61 Å². The van der Waals surface area contributed by atoms with E-state index in [1.807, 2.05) is 0 Å². The van der Waals surface area contributed by atoms with Gasteiger partial charge in [0.15, 0.2) is 0 Å². The average molecular weight is 114 g/mol. The van der Waals surface area contributed by atoms with E-state index >= 15 is 0 Å². The lowest BCUT2D eigenvalue weighted by Crippen LogP contribution is -2.68. The van der Waals surface area contributed by atoms with Crippen LogP contribution >= 0.6 is 0 Å². The minimum atomic E-state index is -0.331. The zero-order valence-corrected chi connectivity index (χ0v) is 4.72. The molecule has 0 aromatic rings. The van der Waals surface area contributed by atoms with Gasteiger partial charge in [-0.05, 0) is 19.3 Å². The van der Waals surface area contributed by atoms with E-state index in [1.54, 1.807) is 0 Å². The van der Waals surface area contributed by atoms with E-state index in [-0.39, 0.29) is 17.6 Å². The highest BCUT2D eigenvalue weighted by Gasteiger charge is 2.66. The van der Waals surface area contributed by atoms with Gasteiger partial charge in [-0.3, -0.25) is 0 Å². The first kappa shape index (κ1) is 4.77. The molecular formula is C6H10O2. The average Bonchev–Trinajstić information content (AvgIpc) is 1.55. The number of aliphatic hydroxyl groups excluding tert-OH is 1. The van der Waals surface area contributed by atoms with Gasteiger partial charge in [0.2, 0.25) is 0 Å². The third-order valence-corrected chi connectivity index (χ3v) is 2.45. The molecular weight excluding hydrogens is 104 g/mol. The Labute approximate surface area is 48.1 Å². The van der Waals surface area contributed by atoms with Crippen LogP contribution in [0.15, 0.2) is 0 Å². The van der Waals surface area contributed by atoms with Crippen LogP contribution in [-0.2, 0) is 0 Å². The molecule has 46 valence electrons. The molecule has 0 atom stereocenters. The highest BCUT2D eigenvalue weighted by atomic mass is 16.3. The Bertz CT molecular complexity index is 111. The molecule has 3 fully saturated rings. The predicted molar refractivity (Wildman–Crippen MR) is 28.3 cm³/mol. The molecule has 0 aliphatic heterocycles. The Morgan fingerprint density at radius 1 is 1.25 bits per heavy atom. The maximum Gasteiger partial charge on any atom is 0.0666 e. The van der Waals surface area contributed by atoms with Crippen LogP contribution in [0, 0.1) is 5.41 Å². The summed E-state index contributed by atoms with van der Waals surface area (Å²) in [6.45, 7) is 0.273. The van der Waals surface area contributed by atoms with Gasteiger partial charge in [-0.2, -0.15) is 0 Å². The van der Waals surface area contributed by atoms with Crippen LogP contribution in [0.1, 0.15) is 19.3 Å². The molecule has 0 radical (unpaired) electrons. The molecule has 3 aliphatic carbocycles. The van der Waals surface area contributed by atoms with Crippen molar-refractivity contribution in [2.24, 2.45) is 5.41 Å². The SMILES string of the molecule is OCC12CC(O)(C1)C2. The Kier molecular flexibility index (Phi) is 0.570. The number of hydrogen-bond acceptors (Lipinski definition) is 2. The van der Waals surface area contributed by atoms with Gasteiger partial charge in [0.25, 0.3) is 0 Å². The van der Waals surface area contributed by atoms with Gasteiger partial charge in [-0.25, -0.2) is 0 Å². The highest BCUT2D eigenvalue weighted by molar-refractivity contribution is 5.18. The van der Waals surface area contributed by atoms with Crippen LogP contribution in [0.4, 0.5) is 0 Å². The number of aliphatic hydroxyl groups is 2. The van der Waals surface area contributed by atoms with E-state index in [0.29, 0.717) is 0 Å². The molecule has 0 aromatic heterocycles. The molecule has 0 unspecified atom stereocenters. The summed E-state index contributed by atoms with van der Waals surface area (Å²) in [7, 11) is 0. The van der Waals surface area contributed by atoms with Gasteiger partial charge in [0.1, 0.15) is 0 Å². The first-order valence-corrected chi connectivity index (χ1v) is 3.01. The van der Waals surface area contributed by atoms with Gasteiger partial charge in [0, 0.05) is 12.0 Å². The molecule has 3 saturated carbocycles. The van der Waals surface area contributed by atoms with Crippen molar-refractivity contribution < 1.29 is 10.2 Å². The fraction of sp³-hybridized carbons (Fsp3) is 1.00. The smallest absolute Gasteiger partial charge is 0.0666 e. The normalized spacial score (nSPS) is 59.2. The van der Waals surface area contributed by atoms with Crippen LogP contribution in [0.3, 0.4) is 0 Å². The summed E-state index contributed by atoms with van der Waals surface area (Å²) in [6, 6.07) is 0. The molecule has 0 aromatic carbocycles. The molecule has 8 heavy (non-hydrogen) atoms. The van der Waals surface area contributed by atoms with Crippen molar-refractivity contribution in [3.63, 3.8) is 0 Å². The molecule has 3 aliphatic rings. The molecule has 0 amide bonds. The van der Waals surface area contributed by atoms with E-state index in [4.69, 9.17) is 10.2 Å². The Morgan fingerprint density at radius 2 is 1.75 bits per heavy atom. The van der Waals surface area contributed by atoms with E-state index in [2.05, 4.69) is 0 Å². The van der Waals surface area contributed by atoms with E-state index < -0.39 is 0 Å². The fourth-order valence-corrected chi connectivity index (χ4v) is 2.11. The summed E-state index contributed by atoms with van der Waals surface area (Å²) in [6.07, 6.45) is 2.53. The van der Waals surface area contributed by atoms with Gasteiger partial charge >= 0.3 is 0 Å². The Balaban J connectivity index is 2.04. The van der Waals surface area contributed by atoms with Crippen molar-refractivity contribution in [1.29, 1.82) is 0 Å². The van der Waals surface area contributed by atoms with E-state index in [1.165, 1.54) is 0 Å². The van der Waals surface area contributed by atoms with Gasteiger partial charge < -0.3 is 10.2 Å². The van der Waals surface area contributed by atoms with E-state index in [9.17, 15) is 0 Å². The van der Waals surface area contributed by atoms with Crippen LogP contribution in [0.25, 0.3) is 0 Å². The van der Waals surface area contributed by atoms with Crippen molar-refractivity contribution in [1.82, 2.24) is 0 Å². The maximum absolute atomic E-state index is 9.16. The van der Waals surface area contributed by atoms with Crippen molar-refractivity contribution in [3.8, 4) is 0 Å². The molecule has 0 saturated heterocycles. The minimum Gasteiger partial charge on any atom is -0.396 e. The summed E-state index contributed by atoms with van der Waals surface area (Å²) in [5, 5.41) is 17.9. The summed E-state index contributed by atoms with van der Waals surface area (Å²) < 4.78 is 0. The second-order valence-electron chi connectivity index (χ2n) is 3.41. The monoisotopic (exact) mass is 114 g/mol. The topological polar surface area (TPSA) is 40.5 Å². The molecule has 2 N–H and O–H groups in total. The van der Waals surface area contributed by atoms with Gasteiger partial charge in [-0.1, -0.05) is 0 Å². The van der Waals surface area contributed by atoms with Gasteiger partial charge in [0.05, 0.1) is 5.60 Å². The molecule has 2 nitrogen and oxygen atoms in total. The molecule has 0 spiro atoms. The van der Waals surface area contributed by atoms with Crippen LogP contribution in [0.2, 0.25) is 0 Å². The number of hydrogen-bond donors (Lipinski definition) is 2. The standard InChI is InChI=1S/C6H10O2/c7-4-5-1-6(8,2-5)3-5/h7-8H,1-4H2. The van der Waals surface area contributed by atoms with Crippen LogP contribution in [-0.4, -0.2) is 22.4 Å². The van der Waals surface area contributed by atoms with Crippen LogP contribution in [0.5, 0.6) is 0 Å². The second kappa shape index (κ2) is 0.957. The number of rotatable bonds is 1. The van der Waals surface area contributed by atoms with Crippen LogP contribution < -0.4 is 0 Å². The fourth-order valence-electron chi connectivity index (χ4n) is 2.11. The summed E-state index contributed by atoms with van der Waals surface area (Å²) in [5.41, 5.74) is -0.155. The lowest BCUT2D eigenvalue weighted by Gasteiger charge is -2.67. The first-order valence-electron chi connectivity index (χ1n) is 3.01. The van der Waals surface area contributed by atoms with E-state index in [0.717, 1.165) is 19.3 Å². The molecule has 0 heterocycles. The maximum atomic E-state index is 9.16. The minimum absolute atomic E-state index is 0.175. The molecule has 3 rings (SSSR count). The largest absolute Gasteiger partial charge is 0.396 e. The molecule has 2 heteroatoms. The van der Waals surface area contributed by atoms with Crippen molar-refractivity contribution in [2.45, 2.75) is 24.9 Å². The Hall–Kier alpha value is -0.0800.